The Balaban J connectivity index is 2.32. The number of methoxy groups -OCH3 is 1. The minimum Gasteiger partial charge on any atom is -0.468 e. The number of esters is 1. The number of carbonyl (C=O) groups is 1. The quantitative estimate of drug-likeness (QED) is 0.321. The van der Waals surface area contributed by atoms with Gasteiger partial charge in [0.25, 0.3) is 5.56 Å². The topological polar surface area (TPSA) is 61.2 Å². The van der Waals surface area contributed by atoms with Gasteiger partial charge in [-0.2, -0.15) is 0 Å². The van der Waals surface area contributed by atoms with Crippen LogP contribution in [-0.4, -0.2) is 28.4 Å². The molecule has 1 aromatic heterocycles. The molecule has 0 atom stereocenters. The van der Waals surface area contributed by atoms with Gasteiger partial charge >= 0.3 is 5.97 Å². The number of rotatable bonds is 8. The number of para-hydroxylation sites is 1. The Kier molecular flexibility index (Phi) is 6.65. The lowest BCUT2D eigenvalue weighted by Crippen LogP contribution is -2.24. The van der Waals surface area contributed by atoms with E-state index in [2.05, 4.69) is 16.6 Å². The largest absolute Gasteiger partial charge is 0.468 e. The van der Waals surface area contributed by atoms with Gasteiger partial charge in [0.1, 0.15) is 0 Å². The monoisotopic (exact) mass is 334 g/mol. The highest BCUT2D eigenvalue weighted by Gasteiger charge is 2.13. The molecule has 0 fully saturated rings. The molecule has 0 bridgehead atoms. The third-order valence-electron chi connectivity index (χ3n) is 3.61. The molecule has 0 N–H and O–H groups in total. The highest BCUT2D eigenvalue weighted by molar-refractivity contribution is 7.99. The van der Waals surface area contributed by atoms with E-state index in [1.807, 2.05) is 18.2 Å². The van der Waals surface area contributed by atoms with E-state index in [-0.39, 0.29) is 17.3 Å². The van der Waals surface area contributed by atoms with E-state index in [1.165, 1.54) is 18.9 Å². The van der Waals surface area contributed by atoms with Gasteiger partial charge in [-0.25, -0.2) is 4.98 Å². The molecule has 0 aliphatic heterocycles. The lowest BCUT2D eigenvalue weighted by Gasteiger charge is -2.12. The number of nitrogens with zero attached hydrogens (tertiary/aromatic N) is 2. The van der Waals surface area contributed by atoms with Crippen molar-refractivity contribution in [3.63, 3.8) is 0 Å². The van der Waals surface area contributed by atoms with Crippen molar-refractivity contribution < 1.29 is 9.53 Å². The second-order valence-corrected chi connectivity index (χ2v) is 6.24. The van der Waals surface area contributed by atoms with E-state index < -0.39 is 0 Å². The molecule has 0 amide bonds. The Bertz CT molecular complexity index is 727. The van der Waals surface area contributed by atoms with Crippen LogP contribution < -0.4 is 5.56 Å². The number of carbonyl (C=O) groups excluding carboxylic acids is 1. The van der Waals surface area contributed by atoms with Crippen molar-refractivity contribution in [2.45, 2.75) is 44.3 Å². The molecular weight excluding hydrogens is 312 g/mol. The second kappa shape index (κ2) is 8.72. The van der Waals surface area contributed by atoms with Crippen LogP contribution in [-0.2, 0) is 16.1 Å². The molecule has 6 heteroatoms. The molecule has 1 aromatic carbocycles. The summed E-state index contributed by atoms with van der Waals surface area (Å²) in [6.07, 6.45) is 4.31. The fourth-order valence-electron chi connectivity index (χ4n) is 2.33. The molecule has 0 unspecified atom stereocenters. The standard InChI is InChI=1S/C17H22N2O3S/c1-3-4-5-8-11-19-16(21)13-9-6-7-10-14(13)18-17(19)23-12-15(20)22-2/h6-7,9-10H,3-5,8,11-12H2,1-2H3. The molecule has 5 nitrogen and oxygen atoms in total. The molecule has 0 saturated heterocycles. The average molecular weight is 334 g/mol. The molecule has 2 aromatic rings. The summed E-state index contributed by atoms with van der Waals surface area (Å²) >= 11 is 1.25. The van der Waals surface area contributed by atoms with Gasteiger partial charge in [-0.05, 0) is 18.6 Å². The number of thioether (sulfide) groups is 1. The van der Waals surface area contributed by atoms with Crippen LogP contribution in [0.15, 0.2) is 34.2 Å². The zero-order valence-corrected chi connectivity index (χ0v) is 14.4. The van der Waals surface area contributed by atoms with Crippen LogP contribution >= 0.6 is 11.8 Å². The molecule has 0 aliphatic carbocycles. The first-order valence-corrected chi connectivity index (χ1v) is 8.85. The van der Waals surface area contributed by atoms with Crippen molar-refractivity contribution in [2.24, 2.45) is 0 Å². The number of fused-ring (bicyclic) bond motifs is 1. The van der Waals surface area contributed by atoms with Crippen LogP contribution in [0.4, 0.5) is 0 Å². The lowest BCUT2D eigenvalue weighted by molar-refractivity contribution is -0.137. The first-order valence-electron chi connectivity index (χ1n) is 7.86. The molecule has 0 aliphatic rings. The highest BCUT2D eigenvalue weighted by Crippen LogP contribution is 2.18. The lowest BCUT2D eigenvalue weighted by atomic mass is 10.2. The number of benzene rings is 1. The number of hydrogen-bond acceptors (Lipinski definition) is 5. The second-order valence-electron chi connectivity index (χ2n) is 5.29. The first-order chi connectivity index (χ1) is 11.2. The van der Waals surface area contributed by atoms with Crippen molar-refractivity contribution in [3.05, 3.63) is 34.6 Å². The van der Waals surface area contributed by atoms with Crippen LogP contribution in [0.2, 0.25) is 0 Å². The fraction of sp³-hybridized carbons (Fsp3) is 0.471. The van der Waals surface area contributed by atoms with Crippen molar-refractivity contribution in [2.75, 3.05) is 12.9 Å². The Morgan fingerprint density at radius 2 is 2.04 bits per heavy atom. The predicted molar refractivity (Wildman–Crippen MR) is 92.9 cm³/mol. The molecular formula is C17H22N2O3S. The smallest absolute Gasteiger partial charge is 0.316 e. The Labute approximate surface area is 140 Å². The normalized spacial score (nSPS) is 10.9. The van der Waals surface area contributed by atoms with Gasteiger partial charge in [-0.1, -0.05) is 50.1 Å². The van der Waals surface area contributed by atoms with Gasteiger partial charge in [0.2, 0.25) is 0 Å². The maximum absolute atomic E-state index is 12.7. The summed E-state index contributed by atoms with van der Waals surface area (Å²) in [5.74, 6) is -0.175. The summed E-state index contributed by atoms with van der Waals surface area (Å²) in [5, 5.41) is 1.20. The molecule has 0 spiro atoms. The van der Waals surface area contributed by atoms with Crippen molar-refractivity contribution in [1.82, 2.24) is 9.55 Å². The third kappa shape index (κ3) is 4.58. The molecule has 2 rings (SSSR count). The summed E-state index contributed by atoms with van der Waals surface area (Å²) in [7, 11) is 1.36. The minimum absolute atomic E-state index is 0.0422. The maximum Gasteiger partial charge on any atom is 0.316 e. The predicted octanol–water partition coefficient (Wildman–Crippen LogP) is 3.24. The van der Waals surface area contributed by atoms with Crippen LogP contribution in [0.25, 0.3) is 10.9 Å². The van der Waals surface area contributed by atoms with Crippen LogP contribution in [0.1, 0.15) is 32.6 Å². The van der Waals surface area contributed by atoms with E-state index in [1.54, 1.807) is 10.6 Å². The number of unbranched alkanes of at least 4 members (excludes halogenated alkanes) is 3. The first kappa shape index (κ1) is 17.5. The Morgan fingerprint density at radius 1 is 1.26 bits per heavy atom. The van der Waals surface area contributed by atoms with E-state index in [9.17, 15) is 9.59 Å². The zero-order valence-electron chi connectivity index (χ0n) is 13.6. The third-order valence-corrected chi connectivity index (χ3v) is 4.56. The molecule has 1 heterocycles. The highest BCUT2D eigenvalue weighted by atomic mass is 32.2. The number of ether oxygens (including phenoxy) is 1. The summed E-state index contributed by atoms with van der Waals surface area (Å²) in [4.78, 5) is 28.7. The van der Waals surface area contributed by atoms with Gasteiger partial charge in [0.15, 0.2) is 5.16 Å². The summed E-state index contributed by atoms with van der Waals surface area (Å²) < 4.78 is 6.35. The van der Waals surface area contributed by atoms with Crippen LogP contribution in [0.5, 0.6) is 0 Å². The zero-order chi connectivity index (χ0) is 16.7. The maximum atomic E-state index is 12.7. The molecule has 0 radical (unpaired) electrons. The van der Waals surface area contributed by atoms with Crippen molar-refractivity contribution in [1.29, 1.82) is 0 Å². The molecule has 0 saturated carbocycles. The number of aromatic nitrogens is 2. The van der Waals surface area contributed by atoms with E-state index in [0.717, 1.165) is 25.7 Å². The Morgan fingerprint density at radius 3 is 2.78 bits per heavy atom. The average Bonchev–Trinajstić information content (AvgIpc) is 2.58. The van der Waals surface area contributed by atoms with E-state index in [0.29, 0.717) is 22.6 Å². The van der Waals surface area contributed by atoms with Gasteiger partial charge in [-0.3, -0.25) is 14.2 Å². The van der Waals surface area contributed by atoms with E-state index in [4.69, 9.17) is 0 Å². The van der Waals surface area contributed by atoms with Gasteiger partial charge in [-0.15, -0.1) is 0 Å². The Hall–Kier alpha value is -1.82. The molecule has 124 valence electrons. The summed E-state index contributed by atoms with van der Waals surface area (Å²) in [6.45, 7) is 2.78. The molecule has 23 heavy (non-hydrogen) atoms. The van der Waals surface area contributed by atoms with Crippen LogP contribution in [0.3, 0.4) is 0 Å². The van der Waals surface area contributed by atoms with Crippen LogP contribution in [0, 0.1) is 0 Å². The number of hydrogen-bond donors (Lipinski definition) is 0. The summed E-state index contributed by atoms with van der Waals surface area (Å²) in [5.41, 5.74) is 0.620. The van der Waals surface area contributed by atoms with Crippen molar-refractivity contribution >= 4 is 28.6 Å². The van der Waals surface area contributed by atoms with E-state index >= 15 is 0 Å². The van der Waals surface area contributed by atoms with Gasteiger partial charge in [0, 0.05) is 6.54 Å². The summed E-state index contributed by atoms with van der Waals surface area (Å²) in [6, 6.07) is 7.31. The van der Waals surface area contributed by atoms with Gasteiger partial charge in [0.05, 0.1) is 23.8 Å². The SMILES string of the molecule is CCCCCCn1c(SCC(=O)OC)nc2ccccc2c1=O. The van der Waals surface area contributed by atoms with Crippen molar-refractivity contribution in [3.8, 4) is 0 Å². The fourth-order valence-corrected chi connectivity index (χ4v) is 3.19. The minimum atomic E-state index is -0.324. The van der Waals surface area contributed by atoms with Gasteiger partial charge < -0.3 is 4.74 Å².